The maximum Gasteiger partial charge on any atom is 0.394 e. The van der Waals surface area contributed by atoms with Crippen LogP contribution in [-0.2, 0) is 34.1 Å². The molecule has 3 fully saturated rings. The van der Waals surface area contributed by atoms with Crippen molar-refractivity contribution in [1.29, 1.82) is 0 Å². The lowest BCUT2D eigenvalue weighted by Crippen LogP contribution is -2.69. The molecule has 0 aromatic rings. The van der Waals surface area contributed by atoms with Crippen molar-refractivity contribution >= 4 is 16.3 Å². The Labute approximate surface area is 256 Å². The Kier molecular flexibility index (Phi) is 14.7. The molecule has 0 spiro atoms. The maximum absolute atomic E-state index is 12.8. The second-order valence-corrected chi connectivity index (χ2v) is 13.1. The largest absolute Gasteiger partial charge is 0.394 e. The standard InChI is InChI=1S/C24H48N6O9.H2O4S/c1-24(2,3)29-8-15(32)30-13-6-12(27)20(38-22-11(26)5-4-10(7-25)36-22)19(35)21(13)39-23-18(34)16(28)17(33)14(9-31)37-23;1-5(2,3)4/h10-14,16-23,29,31,33-35H,4-9,25-28H2,1-3H3,(H,30,32);(H2,1,2,3,4). The zero-order chi connectivity index (χ0) is 33.6. The van der Waals surface area contributed by atoms with Gasteiger partial charge < -0.3 is 72.9 Å². The number of carbonyl (C=O) groups excluding carboxylic acids is 1. The van der Waals surface area contributed by atoms with E-state index in [1.807, 2.05) is 20.8 Å². The van der Waals surface area contributed by atoms with E-state index in [1.165, 1.54) is 0 Å². The first-order valence-corrected chi connectivity index (χ1v) is 15.6. The number of aliphatic hydroxyl groups is 4. The summed E-state index contributed by atoms with van der Waals surface area (Å²) in [4.78, 5) is 12.8. The van der Waals surface area contributed by atoms with Crippen LogP contribution in [0.25, 0.3) is 0 Å². The van der Waals surface area contributed by atoms with Crippen molar-refractivity contribution in [3.63, 3.8) is 0 Å². The van der Waals surface area contributed by atoms with Gasteiger partial charge in [0.1, 0.15) is 36.6 Å². The maximum atomic E-state index is 12.8. The van der Waals surface area contributed by atoms with Gasteiger partial charge in [0.15, 0.2) is 12.6 Å². The van der Waals surface area contributed by atoms with E-state index in [4.69, 9.17) is 59.4 Å². The van der Waals surface area contributed by atoms with E-state index in [-0.39, 0.29) is 37.1 Å². The van der Waals surface area contributed by atoms with Gasteiger partial charge in [0.2, 0.25) is 5.91 Å². The van der Waals surface area contributed by atoms with Crippen LogP contribution in [0.1, 0.15) is 40.0 Å². The third-order valence-corrected chi connectivity index (χ3v) is 7.42. The van der Waals surface area contributed by atoms with Crippen molar-refractivity contribution in [3.05, 3.63) is 0 Å². The summed E-state index contributed by atoms with van der Waals surface area (Å²) in [6, 6.07) is -3.22. The molecule has 0 radical (unpaired) electrons. The van der Waals surface area contributed by atoms with Gasteiger partial charge in [0, 0.05) is 18.1 Å². The summed E-state index contributed by atoms with van der Waals surface area (Å²) in [5.41, 5.74) is 24.0. The molecule has 19 nitrogen and oxygen atoms in total. The number of carbonyl (C=O) groups is 1. The van der Waals surface area contributed by atoms with Crippen LogP contribution in [0.5, 0.6) is 0 Å². The molecule has 0 bridgehead atoms. The summed E-state index contributed by atoms with van der Waals surface area (Å²) in [7, 11) is -4.67. The molecule has 2 aliphatic heterocycles. The number of rotatable bonds is 9. The fourth-order valence-electron chi connectivity index (χ4n) is 5.06. The van der Waals surface area contributed by atoms with Crippen molar-refractivity contribution in [2.45, 2.75) is 125 Å². The monoisotopic (exact) mass is 662 g/mol. The number of hydrogen-bond donors (Lipinski definition) is 12. The molecule has 0 aromatic carbocycles. The van der Waals surface area contributed by atoms with Gasteiger partial charge in [-0.1, -0.05) is 0 Å². The first-order chi connectivity index (χ1) is 20.2. The highest BCUT2D eigenvalue weighted by atomic mass is 32.3. The van der Waals surface area contributed by atoms with E-state index in [9.17, 15) is 25.2 Å². The summed E-state index contributed by atoms with van der Waals surface area (Å²) in [6.45, 7) is 5.44. The lowest BCUT2D eigenvalue weighted by Gasteiger charge is -2.48. The van der Waals surface area contributed by atoms with Crippen LogP contribution in [0.15, 0.2) is 0 Å². The van der Waals surface area contributed by atoms with E-state index in [2.05, 4.69) is 10.6 Å². The summed E-state index contributed by atoms with van der Waals surface area (Å²) >= 11 is 0. The number of nitrogens with one attached hydrogen (secondary N) is 2. The Morgan fingerprint density at radius 3 is 2.07 bits per heavy atom. The molecular formula is C24H50N6O13S. The van der Waals surface area contributed by atoms with Gasteiger partial charge in [0.25, 0.3) is 0 Å². The van der Waals surface area contributed by atoms with Crippen LogP contribution in [0.2, 0.25) is 0 Å². The molecule has 1 amide bonds. The topological polar surface area (TPSA) is 338 Å². The van der Waals surface area contributed by atoms with Gasteiger partial charge in [-0.25, -0.2) is 0 Å². The number of amides is 1. The smallest absolute Gasteiger partial charge is 0.394 e. The second kappa shape index (κ2) is 16.6. The molecule has 13 unspecified atom stereocenters. The quantitative estimate of drug-likeness (QED) is 0.102. The van der Waals surface area contributed by atoms with Crippen LogP contribution >= 0.6 is 0 Å². The fraction of sp³-hybridized carbons (Fsp3) is 0.958. The second-order valence-electron chi connectivity index (χ2n) is 12.2. The molecule has 3 rings (SSSR count). The predicted octanol–water partition coefficient (Wildman–Crippen LogP) is -5.37. The molecule has 44 heavy (non-hydrogen) atoms. The highest BCUT2D eigenvalue weighted by Crippen LogP contribution is 2.31. The highest BCUT2D eigenvalue weighted by Gasteiger charge is 2.51. The molecule has 1 aliphatic carbocycles. The Hall–Kier alpha value is -1.18. The Balaban J connectivity index is 0.00000125. The highest BCUT2D eigenvalue weighted by molar-refractivity contribution is 7.79. The van der Waals surface area contributed by atoms with Gasteiger partial charge in [-0.3, -0.25) is 13.9 Å². The number of nitrogens with two attached hydrogens (primary N) is 4. The van der Waals surface area contributed by atoms with Gasteiger partial charge in [-0.05, 0) is 40.0 Å². The molecule has 260 valence electrons. The summed E-state index contributed by atoms with van der Waals surface area (Å²) < 4.78 is 55.1. The molecule has 16 N–H and O–H groups in total. The predicted molar refractivity (Wildman–Crippen MR) is 153 cm³/mol. The number of ether oxygens (including phenoxy) is 4. The van der Waals surface area contributed by atoms with E-state index < -0.39 is 90.4 Å². The Morgan fingerprint density at radius 2 is 1.52 bits per heavy atom. The third-order valence-electron chi connectivity index (χ3n) is 7.42. The average molecular weight is 663 g/mol. The minimum absolute atomic E-state index is 0.00453. The first-order valence-electron chi connectivity index (χ1n) is 14.2. The van der Waals surface area contributed by atoms with Gasteiger partial charge in [0.05, 0.1) is 37.4 Å². The van der Waals surface area contributed by atoms with Crippen LogP contribution in [0, 0.1) is 0 Å². The van der Waals surface area contributed by atoms with Crippen molar-refractivity contribution < 1.29 is 61.7 Å². The molecule has 20 heteroatoms. The molecule has 0 aromatic heterocycles. The third kappa shape index (κ3) is 11.9. The minimum Gasteiger partial charge on any atom is -0.394 e. The minimum atomic E-state index is -4.67. The van der Waals surface area contributed by atoms with Crippen molar-refractivity contribution in [3.8, 4) is 0 Å². The normalized spacial score (nSPS) is 40.1. The van der Waals surface area contributed by atoms with Crippen molar-refractivity contribution in [2.24, 2.45) is 22.9 Å². The van der Waals surface area contributed by atoms with E-state index in [1.54, 1.807) is 0 Å². The summed E-state index contributed by atoms with van der Waals surface area (Å²) in [5.74, 6) is -0.365. The van der Waals surface area contributed by atoms with Crippen molar-refractivity contribution in [1.82, 2.24) is 10.6 Å². The molecule has 3 aliphatic rings. The molecule has 13 atom stereocenters. The summed E-state index contributed by atoms with van der Waals surface area (Å²) in [5, 5.41) is 47.8. The fourth-order valence-corrected chi connectivity index (χ4v) is 5.06. The molecule has 2 saturated heterocycles. The molecule has 2 heterocycles. The number of aliphatic hydroxyl groups excluding tert-OH is 4. The van der Waals surface area contributed by atoms with Crippen LogP contribution in [0.3, 0.4) is 0 Å². The average Bonchev–Trinajstić information content (AvgIpc) is 2.91. The van der Waals surface area contributed by atoms with E-state index in [0.29, 0.717) is 12.8 Å². The van der Waals surface area contributed by atoms with Crippen LogP contribution in [0.4, 0.5) is 0 Å². The lowest BCUT2D eigenvalue weighted by molar-refractivity contribution is -0.313. The molecular weight excluding hydrogens is 612 g/mol. The zero-order valence-electron chi connectivity index (χ0n) is 25.0. The SMILES string of the molecule is CC(C)(C)NCC(=O)NC1CC(N)C(OC2OC(CN)CCC2N)C(O)C1OC1OC(CO)C(O)C(N)C1O.O=S(=O)(O)O. The number of hydrogen-bond acceptors (Lipinski definition) is 16. The van der Waals surface area contributed by atoms with Gasteiger partial charge in [-0.15, -0.1) is 0 Å². The molecule has 1 saturated carbocycles. The first kappa shape index (κ1) is 39.0. The van der Waals surface area contributed by atoms with Crippen LogP contribution < -0.4 is 33.6 Å². The van der Waals surface area contributed by atoms with E-state index in [0.717, 1.165) is 0 Å². The lowest BCUT2D eigenvalue weighted by atomic mass is 9.83. The van der Waals surface area contributed by atoms with Crippen LogP contribution in [-0.4, -0.2) is 149 Å². The van der Waals surface area contributed by atoms with Gasteiger partial charge in [-0.2, -0.15) is 8.42 Å². The zero-order valence-corrected chi connectivity index (χ0v) is 25.8. The Morgan fingerprint density at radius 1 is 0.932 bits per heavy atom. The van der Waals surface area contributed by atoms with Crippen molar-refractivity contribution in [2.75, 3.05) is 19.7 Å². The van der Waals surface area contributed by atoms with Gasteiger partial charge >= 0.3 is 10.4 Å². The van der Waals surface area contributed by atoms with E-state index >= 15 is 0 Å². The Bertz CT molecular complexity index is 998. The summed E-state index contributed by atoms with van der Waals surface area (Å²) in [6.07, 6.45) is -8.73.